The van der Waals surface area contributed by atoms with Gasteiger partial charge in [0.15, 0.2) is 17.5 Å². The van der Waals surface area contributed by atoms with Gasteiger partial charge in [0.25, 0.3) is 0 Å². The van der Waals surface area contributed by atoms with E-state index in [9.17, 15) is 18.0 Å². The van der Waals surface area contributed by atoms with Gasteiger partial charge in [-0.1, -0.05) is 12.1 Å². The van der Waals surface area contributed by atoms with Gasteiger partial charge in [-0.15, -0.1) is 11.3 Å². The number of amides is 1. The van der Waals surface area contributed by atoms with Crippen molar-refractivity contribution in [3.63, 3.8) is 0 Å². The van der Waals surface area contributed by atoms with Crippen LogP contribution >= 0.6 is 11.3 Å². The van der Waals surface area contributed by atoms with Crippen LogP contribution in [0, 0.1) is 17.5 Å². The first-order chi connectivity index (χ1) is 11.0. The summed E-state index contributed by atoms with van der Waals surface area (Å²) in [5, 5.41) is 3.02. The fourth-order valence-corrected chi connectivity index (χ4v) is 3.05. The molecule has 1 amide bonds. The monoisotopic (exact) mass is 336 g/mol. The van der Waals surface area contributed by atoms with Gasteiger partial charge in [0.2, 0.25) is 5.91 Å². The van der Waals surface area contributed by atoms with Crippen LogP contribution in [0.1, 0.15) is 11.4 Å². The minimum absolute atomic E-state index is 0.0677. The molecule has 0 aliphatic carbocycles. The zero-order chi connectivity index (χ0) is 16.4. The van der Waals surface area contributed by atoms with Crippen LogP contribution in [0.3, 0.4) is 0 Å². The maximum Gasteiger partial charge on any atom is 0.224 e. The number of benzene rings is 2. The Morgan fingerprint density at radius 1 is 1.09 bits per heavy atom. The van der Waals surface area contributed by atoms with Crippen molar-refractivity contribution >= 4 is 33.1 Å². The molecular weight excluding hydrogens is 325 g/mol. The molecule has 2 aromatic carbocycles. The molecule has 1 heterocycles. The second-order valence-corrected chi connectivity index (χ2v) is 5.96. The molecule has 0 aliphatic heterocycles. The molecule has 3 nitrogen and oxygen atoms in total. The summed E-state index contributed by atoms with van der Waals surface area (Å²) in [5.74, 6) is -4.79. The molecule has 0 radical (unpaired) electrons. The highest BCUT2D eigenvalue weighted by molar-refractivity contribution is 7.18. The average Bonchev–Trinajstić information content (AvgIpc) is 2.96. The molecule has 1 N–H and O–H groups in total. The summed E-state index contributed by atoms with van der Waals surface area (Å²) in [5.41, 5.74) is 0.484. The van der Waals surface area contributed by atoms with Gasteiger partial charge in [-0.05, 0) is 24.3 Å². The fourth-order valence-electron chi connectivity index (χ4n) is 2.08. The number of thiazole rings is 1. The van der Waals surface area contributed by atoms with E-state index >= 15 is 0 Å². The van der Waals surface area contributed by atoms with Crippen LogP contribution in [0.25, 0.3) is 10.2 Å². The second-order valence-electron chi connectivity index (χ2n) is 4.85. The first kappa shape index (κ1) is 15.5. The first-order valence-electron chi connectivity index (χ1n) is 6.82. The highest BCUT2D eigenvalue weighted by atomic mass is 32.1. The summed E-state index contributed by atoms with van der Waals surface area (Å²) in [6.45, 7) is 0. The number of hydrogen-bond donors (Lipinski definition) is 1. The van der Waals surface area contributed by atoms with Gasteiger partial charge < -0.3 is 5.32 Å². The van der Waals surface area contributed by atoms with Crippen molar-refractivity contribution in [2.45, 2.75) is 12.8 Å². The van der Waals surface area contributed by atoms with Gasteiger partial charge >= 0.3 is 0 Å². The van der Waals surface area contributed by atoms with E-state index in [0.29, 0.717) is 6.42 Å². The molecule has 0 unspecified atom stereocenters. The molecular formula is C16H11F3N2OS. The van der Waals surface area contributed by atoms with E-state index in [1.165, 1.54) is 11.3 Å². The number of para-hydroxylation sites is 1. The van der Waals surface area contributed by atoms with Crippen molar-refractivity contribution in [1.82, 2.24) is 4.98 Å². The highest BCUT2D eigenvalue weighted by Gasteiger charge is 2.15. The van der Waals surface area contributed by atoms with E-state index in [0.717, 1.165) is 27.4 Å². The molecule has 3 rings (SSSR count). The zero-order valence-electron chi connectivity index (χ0n) is 11.8. The standard InChI is InChI=1S/C16H11F3N2OS/c17-9-5-6-11(16(19)15(9)18)20-13(22)7-8-14-21-10-3-1-2-4-12(10)23-14/h1-6H,7-8H2,(H,20,22). The number of carbonyl (C=O) groups is 1. The van der Waals surface area contributed by atoms with E-state index in [2.05, 4.69) is 10.3 Å². The van der Waals surface area contributed by atoms with Crippen molar-refractivity contribution in [3.8, 4) is 0 Å². The number of nitrogens with zero attached hydrogens (tertiary/aromatic N) is 1. The summed E-state index contributed by atoms with van der Waals surface area (Å²) in [7, 11) is 0. The summed E-state index contributed by atoms with van der Waals surface area (Å²) in [4.78, 5) is 16.2. The summed E-state index contributed by atoms with van der Waals surface area (Å²) < 4.78 is 40.4. The Morgan fingerprint density at radius 2 is 1.87 bits per heavy atom. The van der Waals surface area contributed by atoms with E-state index in [4.69, 9.17) is 0 Å². The van der Waals surface area contributed by atoms with Gasteiger partial charge in [0.05, 0.1) is 20.9 Å². The van der Waals surface area contributed by atoms with E-state index < -0.39 is 23.4 Å². The van der Waals surface area contributed by atoms with Crippen molar-refractivity contribution in [1.29, 1.82) is 0 Å². The Hall–Kier alpha value is -2.41. The Labute approximate surface area is 133 Å². The molecule has 0 spiro atoms. The average molecular weight is 336 g/mol. The van der Waals surface area contributed by atoms with Crippen LogP contribution in [-0.4, -0.2) is 10.9 Å². The number of hydrogen-bond acceptors (Lipinski definition) is 3. The van der Waals surface area contributed by atoms with E-state index in [1.807, 2.05) is 24.3 Å². The van der Waals surface area contributed by atoms with Crippen LogP contribution in [-0.2, 0) is 11.2 Å². The number of fused-ring (bicyclic) bond motifs is 1. The molecule has 3 aromatic rings. The number of anilines is 1. The lowest BCUT2D eigenvalue weighted by Crippen LogP contribution is -2.14. The Morgan fingerprint density at radius 3 is 2.65 bits per heavy atom. The summed E-state index contributed by atoms with van der Waals surface area (Å²) in [6.07, 6.45) is 0.453. The van der Waals surface area contributed by atoms with Crippen LogP contribution in [0.4, 0.5) is 18.9 Å². The Kier molecular flexibility index (Phi) is 4.29. The molecule has 0 saturated carbocycles. The lowest BCUT2D eigenvalue weighted by atomic mass is 10.2. The lowest BCUT2D eigenvalue weighted by Gasteiger charge is -2.06. The fraction of sp³-hybridized carbons (Fsp3) is 0.125. The maximum atomic E-state index is 13.5. The van der Waals surface area contributed by atoms with Gasteiger partial charge in [0.1, 0.15) is 0 Å². The van der Waals surface area contributed by atoms with Crippen molar-refractivity contribution in [2.24, 2.45) is 0 Å². The van der Waals surface area contributed by atoms with E-state index in [1.54, 1.807) is 0 Å². The molecule has 1 aromatic heterocycles. The molecule has 0 bridgehead atoms. The minimum Gasteiger partial charge on any atom is -0.323 e. The lowest BCUT2D eigenvalue weighted by molar-refractivity contribution is -0.116. The third kappa shape index (κ3) is 3.34. The Balaban J connectivity index is 1.64. The third-order valence-electron chi connectivity index (χ3n) is 3.21. The first-order valence-corrected chi connectivity index (χ1v) is 7.64. The summed E-state index contributed by atoms with van der Waals surface area (Å²) >= 11 is 1.48. The molecule has 0 saturated heterocycles. The van der Waals surface area contributed by atoms with Gasteiger partial charge in [0, 0.05) is 12.8 Å². The predicted molar refractivity (Wildman–Crippen MR) is 82.9 cm³/mol. The van der Waals surface area contributed by atoms with Crippen molar-refractivity contribution in [3.05, 3.63) is 58.9 Å². The topological polar surface area (TPSA) is 42.0 Å². The van der Waals surface area contributed by atoms with Crippen LogP contribution < -0.4 is 5.32 Å². The second kappa shape index (κ2) is 6.37. The SMILES string of the molecule is O=C(CCc1nc2ccccc2s1)Nc1ccc(F)c(F)c1F. The number of aromatic nitrogens is 1. The smallest absolute Gasteiger partial charge is 0.224 e. The highest BCUT2D eigenvalue weighted by Crippen LogP contribution is 2.23. The molecule has 23 heavy (non-hydrogen) atoms. The predicted octanol–water partition coefficient (Wildman–Crippen LogP) is 4.28. The normalized spacial score (nSPS) is 10.9. The Bertz CT molecular complexity index is 846. The number of rotatable bonds is 4. The zero-order valence-corrected chi connectivity index (χ0v) is 12.6. The number of nitrogens with one attached hydrogen (secondary N) is 1. The third-order valence-corrected chi connectivity index (χ3v) is 4.31. The van der Waals surface area contributed by atoms with Crippen LogP contribution in [0.5, 0.6) is 0 Å². The number of carbonyl (C=O) groups excluding carboxylic acids is 1. The largest absolute Gasteiger partial charge is 0.323 e. The summed E-state index contributed by atoms with van der Waals surface area (Å²) in [6, 6.07) is 9.36. The number of halogens is 3. The quantitative estimate of drug-likeness (QED) is 0.723. The molecule has 0 fully saturated rings. The van der Waals surface area contributed by atoms with Gasteiger partial charge in [-0.2, -0.15) is 0 Å². The maximum absolute atomic E-state index is 13.5. The number of aryl methyl sites for hydroxylation is 1. The van der Waals surface area contributed by atoms with Crippen molar-refractivity contribution in [2.75, 3.05) is 5.32 Å². The minimum atomic E-state index is -1.60. The molecule has 0 aliphatic rings. The van der Waals surface area contributed by atoms with E-state index in [-0.39, 0.29) is 12.1 Å². The van der Waals surface area contributed by atoms with Crippen molar-refractivity contribution < 1.29 is 18.0 Å². The molecule has 118 valence electrons. The van der Waals surface area contributed by atoms with Gasteiger partial charge in [-0.3, -0.25) is 4.79 Å². The molecule has 7 heteroatoms. The molecule has 0 atom stereocenters. The van der Waals surface area contributed by atoms with Gasteiger partial charge in [-0.25, -0.2) is 18.2 Å². The van der Waals surface area contributed by atoms with Crippen LogP contribution in [0.15, 0.2) is 36.4 Å². The van der Waals surface area contributed by atoms with Crippen LogP contribution in [0.2, 0.25) is 0 Å².